The van der Waals surface area contributed by atoms with Gasteiger partial charge in [-0.1, -0.05) is 29.8 Å². The largest absolute Gasteiger partial charge is 0.490 e. The SMILES string of the molecule is Cc1c2ccc(c1Cl)O[C@H](CN1CCN(C)CC1)COc1ccc(OCc3ccnc([C@@H]4CCCCO4)n3)c(c1)C[C@H](C(=O)OC(C)(C)C)Oc1ncnc3sc(-c4ccc(F)cc4)c-2c13. The summed E-state index contributed by atoms with van der Waals surface area (Å²) in [6.07, 6.45) is 4.31. The monoisotopic (exact) mass is 936 g/mol. The Labute approximate surface area is 393 Å². The number of rotatable bonds is 8. The normalized spacial score (nSPS) is 19.7. The number of piperazine rings is 1. The summed E-state index contributed by atoms with van der Waals surface area (Å²) in [7, 11) is 2.13. The van der Waals surface area contributed by atoms with E-state index in [-0.39, 0.29) is 37.4 Å². The second kappa shape index (κ2) is 19.8. The number of ether oxygens (including phenoxy) is 6. The van der Waals surface area contributed by atoms with E-state index in [0.29, 0.717) is 62.7 Å². The third kappa shape index (κ3) is 10.6. The molecule has 10 rings (SSSR count). The van der Waals surface area contributed by atoms with Gasteiger partial charge in [0.2, 0.25) is 12.0 Å². The van der Waals surface area contributed by atoms with Crippen LogP contribution in [0, 0.1) is 12.7 Å². The predicted molar refractivity (Wildman–Crippen MR) is 251 cm³/mol. The first-order chi connectivity index (χ1) is 31.8. The Morgan fingerprint density at radius 1 is 0.985 bits per heavy atom. The number of carbonyl (C=O) groups is 1. The number of nitrogens with zero attached hydrogens (tertiary/aromatic N) is 6. The van der Waals surface area contributed by atoms with E-state index in [1.807, 2.05) is 64.1 Å². The van der Waals surface area contributed by atoms with E-state index in [1.54, 1.807) is 18.3 Å². The lowest BCUT2D eigenvalue weighted by Gasteiger charge is -2.34. The van der Waals surface area contributed by atoms with Crippen LogP contribution in [0.2, 0.25) is 5.02 Å². The van der Waals surface area contributed by atoms with Crippen molar-refractivity contribution < 1.29 is 37.6 Å². The number of likely N-dealkylation sites (N-methyl/N-ethyl adjacent to an activating group) is 1. The fourth-order valence-corrected chi connectivity index (χ4v) is 9.82. The highest BCUT2D eigenvalue weighted by Gasteiger charge is 2.33. The van der Waals surface area contributed by atoms with Crippen LogP contribution in [0.4, 0.5) is 4.39 Å². The Kier molecular flexibility index (Phi) is 13.7. The number of esters is 1. The lowest BCUT2D eigenvalue weighted by atomic mass is 9.96. The molecule has 3 aromatic heterocycles. The van der Waals surface area contributed by atoms with E-state index in [2.05, 4.69) is 26.8 Å². The Balaban J connectivity index is 1.16. The van der Waals surface area contributed by atoms with Crippen molar-refractivity contribution in [3.63, 3.8) is 0 Å². The molecule has 346 valence electrons. The lowest BCUT2D eigenvalue weighted by molar-refractivity contribution is -0.163. The zero-order valence-electron chi connectivity index (χ0n) is 37.9. The van der Waals surface area contributed by atoms with Gasteiger partial charge in [-0.2, -0.15) is 0 Å². The zero-order valence-corrected chi connectivity index (χ0v) is 39.4. The van der Waals surface area contributed by atoms with E-state index >= 15 is 0 Å². The third-order valence-electron chi connectivity index (χ3n) is 11.9. The average molecular weight is 938 g/mol. The molecule has 66 heavy (non-hydrogen) atoms. The van der Waals surface area contributed by atoms with Crippen molar-refractivity contribution in [3.05, 3.63) is 107 Å². The molecule has 7 heterocycles. The molecule has 0 N–H and O–H groups in total. The molecule has 2 fully saturated rings. The highest BCUT2D eigenvalue weighted by atomic mass is 35.5. The van der Waals surface area contributed by atoms with Crippen LogP contribution in [0.3, 0.4) is 0 Å². The molecule has 3 atom stereocenters. The highest BCUT2D eigenvalue weighted by molar-refractivity contribution is 7.22. The predicted octanol–water partition coefficient (Wildman–Crippen LogP) is 9.46. The molecule has 4 bridgehead atoms. The van der Waals surface area contributed by atoms with Crippen LogP contribution in [-0.2, 0) is 27.3 Å². The second-order valence-corrected chi connectivity index (χ2v) is 19.4. The molecule has 4 aliphatic heterocycles. The summed E-state index contributed by atoms with van der Waals surface area (Å²) < 4.78 is 53.2. The van der Waals surface area contributed by atoms with Crippen molar-refractivity contribution in [2.45, 2.75) is 83.9 Å². The Bertz CT molecular complexity index is 2680. The summed E-state index contributed by atoms with van der Waals surface area (Å²) in [6, 6.07) is 17.5. The van der Waals surface area contributed by atoms with Crippen LogP contribution >= 0.6 is 22.9 Å². The molecule has 16 heteroatoms. The minimum Gasteiger partial charge on any atom is -0.490 e. The summed E-state index contributed by atoms with van der Waals surface area (Å²) in [5.74, 6) is 1.39. The summed E-state index contributed by atoms with van der Waals surface area (Å²) >= 11 is 8.71. The summed E-state index contributed by atoms with van der Waals surface area (Å²) in [5, 5.41) is 0.997. The highest BCUT2D eigenvalue weighted by Crippen LogP contribution is 2.50. The van der Waals surface area contributed by atoms with Gasteiger partial charge in [0.15, 0.2) is 5.82 Å². The minimum absolute atomic E-state index is 0.0164. The Hall–Kier alpha value is -5.45. The molecule has 13 nitrogen and oxygen atoms in total. The molecular weight excluding hydrogens is 883 g/mol. The van der Waals surface area contributed by atoms with E-state index in [9.17, 15) is 9.18 Å². The van der Waals surface area contributed by atoms with Crippen molar-refractivity contribution >= 4 is 39.1 Å². The lowest BCUT2D eigenvalue weighted by Crippen LogP contribution is -2.49. The van der Waals surface area contributed by atoms with Gasteiger partial charge in [0.05, 0.1) is 16.1 Å². The van der Waals surface area contributed by atoms with Crippen LogP contribution in [0.5, 0.6) is 23.1 Å². The first-order valence-corrected chi connectivity index (χ1v) is 23.7. The van der Waals surface area contributed by atoms with Crippen molar-refractivity contribution in [1.29, 1.82) is 0 Å². The van der Waals surface area contributed by atoms with Gasteiger partial charge in [-0.05, 0) is 113 Å². The number of hydrogen-bond donors (Lipinski definition) is 0. The second-order valence-electron chi connectivity index (χ2n) is 18.0. The molecule has 0 saturated carbocycles. The van der Waals surface area contributed by atoms with E-state index < -0.39 is 23.8 Å². The summed E-state index contributed by atoms with van der Waals surface area (Å²) in [4.78, 5) is 39.2. The Morgan fingerprint density at radius 2 is 1.80 bits per heavy atom. The molecule has 0 spiro atoms. The fourth-order valence-electron chi connectivity index (χ4n) is 8.46. The number of benzene rings is 3. The van der Waals surface area contributed by atoms with Crippen molar-refractivity contribution in [2.75, 3.05) is 53.0 Å². The number of aromatic nitrogens is 4. The molecular formula is C50H54ClFN6O7S. The quantitative estimate of drug-likeness (QED) is 0.135. The van der Waals surface area contributed by atoms with Gasteiger partial charge >= 0.3 is 5.97 Å². The van der Waals surface area contributed by atoms with Gasteiger partial charge in [0, 0.05) is 68.0 Å². The molecule has 0 radical (unpaired) electrons. The first-order valence-electron chi connectivity index (χ1n) is 22.5. The van der Waals surface area contributed by atoms with Crippen molar-refractivity contribution in [3.8, 4) is 44.7 Å². The summed E-state index contributed by atoms with van der Waals surface area (Å²) in [6.45, 7) is 12.6. The van der Waals surface area contributed by atoms with E-state index in [4.69, 9.17) is 50.0 Å². The first kappa shape index (κ1) is 45.7. The zero-order chi connectivity index (χ0) is 46.0. The van der Waals surface area contributed by atoms with Gasteiger partial charge in [-0.3, -0.25) is 4.90 Å². The number of thiophene rings is 1. The van der Waals surface area contributed by atoms with Crippen molar-refractivity contribution in [1.82, 2.24) is 29.7 Å². The molecule has 3 aromatic carbocycles. The van der Waals surface area contributed by atoms with E-state index in [0.717, 1.165) is 72.6 Å². The molecule has 6 aromatic rings. The van der Waals surface area contributed by atoms with Crippen LogP contribution in [0.1, 0.15) is 68.8 Å². The topological polar surface area (TPSA) is 130 Å². The third-order valence-corrected chi connectivity index (χ3v) is 13.5. The van der Waals surface area contributed by atoms with Crippen LogP contribution in [-0.4, -0.2) is 106 Å². The maximum absolute atomic E-state index is 14.4. The maximum Gasteiger partial charge on any atom is 0.348 e. The van der Waals surface area contributed by atoms with Gasteiger partial charge in [0.1, 0.15) is 65.2 Å². The van der Waals surface area contributed by atoms with Crippen LogP contribution < -0.4 is 18.9 Å². The molecule has 0 amide bonds. The van der Waals surface area contributed by atoms with Gasteiger partial charge < -0.3 is 33.3 Å². The molecule has 4 aliphatic rings. The van der Waals surface area contributed by atoms with Crippen LogP contribution in [0.15, 0.2) is 73.2 Å². The molecule has 0 unspecified atom stereocenters. The van der Waals surface area contributed by atoms with Gasteiger partial charge in [0.25, 0.3) is 0 Å². The number of hydrogen-bond acceptors (Lipinski definition) is 14. The summed E-state index contributed by atoms with van der Waals surface area (Å²) in [5.41, 5.74) is 3.47. The fraction of sp³-hybridized carbons (Fsp3) is 0.420. The number of halogens is 2. The van der Waals surface area contributed by atoms with Gasteiger partial charge in [-0.15, -0.1) is 11.3 Å². The minimum atomic E-state index is -1.22. The maximum atomic E-state index is 14.4. The number of fused-ring (bicyclic) bond motifs is 7. The molecule has 2 saturated heterocycles. The van der Waals surface area contributed by atoms with Gasteiger partial charge in [-0.25, -0.2) is 29.1 Å². The standard InChI is InChI=1S/C50H54ClFN6O7S/c1-30-37-14-16-39(44(30)51)63-36(26-58-21-19-57(5)20-22-58)28-61-35-13-15-38(62-27-34-17-18-53-46(56-34)40-8-6-7-23-60-40)32(24-35)25-41(49(59)65-50(2,3)4)64-47-43-42(37)45(66-48(43)55-29-54-47)31-9-11-33(52)12-10-31/h9-18,24,29,36,40-41H,6-8,19-23,25-28H2,1-5H3/t36-,40+,41-/m1/s1. The van der Waals surface area contributed by atoms with Crippen molar-refractivity contribution in [2.24, 2.45) is 0 Å². The smallest absolute Gasteiger partial charge is 0.348 e. The van der Waals surface area contributed by atoms with E-state index in [1.165, 1.54) is 29.8 Å². The number of carbonyl (C=O) groups excluding carboxylic acids is 1. The Morgan fingerprint density at radius 3 is 2.58 bits per heavy atom. The average Bonchev–Trinajstić information content (AvgIpc) is 3.70. The van der Waals surface area contributed by atoms with Crippen LogP contribution in [0.25, 0.3) is 31.8 Å². The molecule has 0 aliphatic carbocycles.